The Kier molecular flexibility index (Phi) is 12.4. The number of methoxy groups -OCH3 is 1. The topological polar surface area (TPSA) is 82.0 Å². The molecule has 5 nitrogen and oxygen atoms in total. The number of halogens is 2. The van der Waals surface area contributed by atoms with Crippen LogP contribution in [0.5, 0.6) is 11.5 Å². The van der Waals surface area contributed by atoms with Crippen LogP contribution in [0.15, 0.2) is 72.8 Å². The van der Waals surface area contributed by atoms with Gasteiger partial charge in [0.1, 0.15) is 30.0 Å². The zero-order valence-electron chi connectivity index (χ0n) is 18.1. The van der Waals surface area contributed by atoms with Gasteiger partial charge in [-0.25, -0.2) is 4.39 Å². The molecule has 0 spiro atoms. The van der Waals surface area contributed by atoms with Gasteiger partial charge in [0.15, 0.2) is 0 Å². The maximum Gasteiger partial charge on any atom is 0.139 e. The van der Waals surface area contributed by atoms with Crippen LogP contribution in [0.25, 0.3) is 0 Å². The Labute approximate surface area is 188 Å². The SMILES string of the molecule is CCl.COc1ccccc1.C[C@H]([NH3+])COc1ccc(Nc2ccc(F)cc2)c(C=N)c1. The number of anilines is 2. The van der Waals surface area contributed by atoms with Gasteiger partial charge >= 0.3 is 0 Å². The molecular formula is C24H30ClFN3O2+. The molecule has 3 aromatic rings. The van der Waals surface area contributed by atoms with Crippen LogP contribution in [0, 0.1) is 11.2 Å². The molecule has 0 amide bonds. The van der Waals surface area contributed by atoms with Crippen molar-refractivity contribution in [3.63, 3.8) is 0 Å². The fourth-order valence-corrected chi connectivity index (χ4v) is 2.35. The van der Waals surface area contributed by atoms with Gasteiger partial charge in [-0.1, -0.05) is 18.2 Å². The second kappa shape index (κ2) is 14.8. The van der Waals surface area contributed by atoms with E-state index in [1.807, 2.05) is 49.4 Å². The molecule has 0 fully saturated rings. The van der Waals surface area contributed by atoms with Crippen molar-refractivity contribution in [1.82, 2.24) is 0 Å². The summed E-state index contributed by atoms with van der Waals surface area (Å²) in [4.78, 5) is 0. The van der Waals surface area contributed by atoms with Crippen molar-refractivity contribution in [2.45, 2.75) is 13.0 Å². The molecule has 0 radical (unpaired) electrons. The molecule has 0 bridgehead atoms. The number of quaternary nitrogens is 1. The second-order valence-corrected chi connectivity index (χ2v) is 6.46. The highest BCUT2D eigenvalue weighted by Gasteiger charge is 2.05. The summed E-state index contributed by atoms with van der Waals surface area (Å²) in [6, 6.07) is 21.4. The van der Waals surface area contributed by atoms with E-state index in [-0.39, 0.29) is 11.9 Å². The Morgan fingerprint density at radius 1 is 1.03 bits per heavy atom. The van der Waals surface area contributed by atoms with Crippen molar-refractivity contribution in [3.05, 3.63) is 84.2 Å². The average molecular weight is 447 g/mol. The summed E-state index contributed by atoms with van der Waals surface area (Å²) in [5.74, 6) is 1.33. The van der Waals surface area contributed by atoms with Crippen molar-refractivity contribution >= 4 is 29.2 Å². The fraction of sp³-hybridized carbons (Fsp3) is 0.208. The number of hydrogen-bond acceptors (Lipinski definition) is 4. The molecule has 7 heteroatoms. The minimum atomic E-state index is -0.279. The van der Waals surface area contributed by atoms with Crippen molar-refractivity contribution in [2.24, 2.45) is 0 Å². The van der Waals surface area contributed by atoms with Crippen LogP contribution in [0.4, 0.5) is 15.8 Å². The molecule has 0 aliphatic heterocycles. The van der Waals surface area contributed by atoms with Gasteiger partial charge in [0, 0.05) is 29.5 Å². The van der Waals surface area contributed by atoms with E-state index in [9.17, 15) is 4.39 Å². The minimum absolute atomic E-state index is 0.199. The van der Waals surface area contributed by atoms with E-state index < -0.39 is 0 Å². The second-order valence-electron chi connectivity index (χ2n) is 6.46. The van der Waals surface area contributed by atoms with E-state index in [0.29, 0.717) is 17.9 Å². The van der Waals surface area contributed by atoms with Gasteiger partial charge in [-0.15, -0.1) is 11.6 Å². The van der Waals surface area contributed by atoms with E-state index >= 15 is 0 Å². The lowest BCUT2D eigenvalue weighted by atomic mass is 10.1. The Balaban J connectivity index is 0.000000400. The number of alkyl halides is 1. The Morgan fingerprint density at radius 3 is 2.19 bits per heavy atom. The van der Waals surface area contributed by atoms with Crippen LogP contribution in [-0.4, -0.2) is 32.4 Å². The van der Waals surface area contributed by atoms with Crippen molar-refractivity contribution in [1.29, 1.82) is 5.41 Å². The summed E-state index contributed by atoms with van der Waals surface area (Å²) >= 11 is 4.64. The summed E-state index contributed by atoms with van der Waals surface area (Å²) in [6.45, 7) is 2.50. The summed E-state index contributed by atoms with van der Waals surface area (Å²) in [5.41, 5.74) is 6.10. The van der Waals surface area contributed by atoms with Gasteiger partial charge in [0.2, 0.25) is 0 Å². The van der Waals surface area contributed by atoms with E-state index in [0.717, 1.165) is 17.1 Å². The first-order valence-electron chi connectivity index (χ1n) is 9.61. The van der Waals surface area contributed by atoms with Crippen LogP contribution in [0.2, 0.25) is 0 Å². The van der Waals surface area contributed by atoms with Gasteiger partial charge in [-0.05, 0) is 61.5 Å². The van der Waals surface area contributed by atoms with E-state index in [1.54, 1.807) is 25.3 Å². The molecule has 0 heterocycles. The van der Waals surface area contributed by atoms with Gasteiger partial charge < -0.3 is 25.9 Å². The van der Waals surface area contributed by atoms with E-state index in [4.69, 9.17) is 14.9 Å². The predicted octanol–water partition coefficient (Wildman–Crippen LogP) is 5.13. The van der Waals surface area contributed by atoms with Crippen LogP contribution < -0.4 is 20.5 Å². The lowest BCUT2D eigenvalue weighted by Gasteiger charge is -2.12. The molecule has 0 unspecified atom stereocenters. The largest absolute Gasteiger partial charge is 0.497 e. The Bertz CT molecular complexity index is 891. The number of rotatable bonds is 7. The van der Waals surface area contributed by atoms with Crippen LogP contribution >= 0.6 is 11.6 Å². The summed E-state index contributed by atoms with van der Waals surface area (Å²) in [7, 11) is 1.66. The van der Waals surface area contributed by atoms with E-state index in [1.165, 1.54) is 24.7 Å². The van der Waals surface area contributed by atoms with Crippen LogP contribution in [0.3, 0.4) is 0 Å². The van der Waals surface area contributed by atoms with Crippen molar-refractivity contribution < 1.29 is 19.6 Å². The molecule has 3 aromatic carbocycles. The lowest BCUT2D eigenvalue weighted by molar-refractivity contribution is -0.417. The number of nitrogens with one attached hydrogen (secondary N) is 2. The highest BCUT2D eigenvalue weighted by Crippen LogP contribution is 2.24. The molecule has 0 saturated heterocycles. The molecule has 31 heavy (non-hydrogen) atoms. The third kappa shape index (κ3) is 9.98. The molecule has 0 aliphatic rings. The molecule has 1 atom stereocenters. The number of para-hydroxylation sites is 1. The predicted molar refractivity (Wildman–Crippen MR) is 127 cm³/mol. The fourth-order valence-electron chi connectivity index (χ4n) is 2.35. The first kappa shape index (κ1) is 25.9. The van der Waals surface area contributed by atoms with Crippen LogP contribution in [-0.2, 0) is 0 Å². The molecule has 5 N–H and O–H groups in total. The molecule has 166 valence electrons. The summed E-state index contributed by atoms with van der Waals surface area (Å²) < 4.78 is 23.4. The highest BCUT2D eigenvalue weighted by atomic mass is 35.5. The summed E-state index contributed by atoms with van der Waals surface area (Å²) in [6.07, 6.45) is 2.73. The molecule has 0 aliphatic carbocycles. The monoisotopic (exact) mass is 446 g/mol. The summed E-state index contributed by atoms with van der Waals surface area (Å²) in [5, 5.41) is 10.7. The zero-order valence-corrected chi connectivity index (χ0v) is 18.8. The minimum Gasteiger partial charge on any atom is -0.497 e. The quantitative estimate of drug-likeness (QED) is 0.347. The maximum atomic E-state index is 12.9. The lowest BCUT2D eigenvalue weighted by Crippen LogP contribution is -2.61. The van der Waals surface area contributed by atoms with Crippen LogP contribution in [0.1, 0.15) is 12.5 Å². The number of ether oxygens (including phenoxy) is 2. The Morgan fingerprint density at radius 2 is 1.68 bits per heavy atom. The smallest absolute Gasteiger partial charge is 0.139 e. The van der Waals surface area contributed by atoms with Gasteiger partial charge in [0.25, 0.3) is 0 Å². The molecule has 3 rings (SSSR count). The maximum absolute atomic E-state index is 12.9. The normalized spacial score (nSPS) is 10.4. The first-order chi connectivity index (χ1) is 15.0. The third-order valence-electron chi connectivity index (χ3n) is 3.82. The van der Waals surface area contributed by atoms with E-state index in [2.05, 4.69) is 22.7 Å². The van der Waals surface area contributed by atoms with Crippen molar-refractivity contribution in [3.8, 4) is 11.5 Å². The molecular weight excluding hydrogens is 417 g/mol. The molecule has 0 saturated carbocycles. The van der Waals surface area contributed by atoms with Crippen molar-refractivity contribution in [2.75, 3.05) is 25.4 Å². The van der Waals surface area contributed by atoms with Gasteiger partial charge in [-0.3, -0.25) is 0 Å². The zero-order chi connectivity index (χ0) is 23.1. The number of benzene rings is 3. The Hall–Kier alpha value is -3.09. The third-order valence-corrected chi connectivity index (χ3v) is 3.82. The highest BCUT2D eigenvalue weighted by molar-refractivity contribution is 6.15. The average Bonchev–Trinajstić information content (AvgIpc) is 2.82. The van der Waals surface area contributed by atoms with Gasteiger partial charge in [-0.2, -0.15) is 0 Å². The standard InChI is InChI=1S/C16H18FN3O.C7H8O.CH3Cl/c1-11(19)10-21-15-6-7-16(12(8-15)9-18)20-14-4-2-13(17)3-5-14;1-8-7-5-3-2-4-6-7;1-2/h2-9,11,18,20H,10,19H2,1H3;2-6H,1H3;1H3/p+1/t11-;;/m0../s1. The van der Waals surface area contributed by atoms with Gasteiger partial charge in [0.05, 0.1) is 7.11 Å². The first-order valence-corrected chi connectivity index (χ1v) is 10.4. The number of hydrogen-bond donors (Lipinski definition) is 3. The molecule has 0 aromatic heterocycles.